The molecule has 0 heterocycles. The molecule has 19 heavy (non-hydrogen) atoms. The predicted molar refractivity (Wildman–Crippen MR) is 81.5 cm³/mol. The fraction of sp³-hybridized carbons (Fsp3) is 0.500. The van der Waals surface area contributed by atoms with Gasteiger partial charge in [0, 0.05) is 10.8 Å². The Morgan fingerprint density at radius 1 is 1.42 bits per heavy atom. The van der Waals surface area contributed by atoms with E-state index in [4.69, 9.17) is 11.6 Å². The highest BCUT2D eigenvalue weighted by Gasteiger charge is 2.22. The van der Waals surface area contributed by atoms with Crippen LogP contribution >= 0.6 is 23.4 Å². The lowest BCUT2D eigenvalue weighted by Gasteiger charge is -2.27. The molecule has 0 spiro atoms. The van der Waals surface area contributed by atoms with Gasteiger partial charge in [-0.15, -0.1) is 11.8 Å². The molecule has 0 bridgehead atoms. The minimum absolute atomic E-state index is 0.0441. The first-order valence-corrected chi connectivity index (χ1v) is 7.76. The van der Waals surface area contributed by atoms with E-state index in [0.717, 1.165) is 11.3 Å². The van der Waals surface area contributed by atoms with Crippen molar-refractivity contribution in [1.82, 2.24) is 5.32 Å². The molecule has 0 radical (unpaired) electrons. The summed E-state index contributed by atoms with van der Waals surface area (Å²) < 4.78 is 0. The van der Waals surface area contributed by atoms with Crippen LogP contribution in [-0.2, 0) is 10.5 Å². The third-order valence-electron chi connectivity index (χ3n) is 2.99. The van der Waals surface area contributed by atoms with Gasteiger partial charge in [0.15, 0.2) is 0 Å². The number of halogens is 1. The maximum atomic E-state index is 11.8. The number of benzene rings is 1. The molecule has 0 saturated heterocycles. The van der Waals surface area contributed by atoms with Gasteiger partial charge < -0.3 is 10.4 Å². The number of nitrogens with one attached hydrogen (secondary N) is 1. The second kappa shape index (κ2) is 7.78. The molecule has 1 atom stereocenters. The van der Waals surface area contributed by atoms with Crippen molar-refractivity contribution in [2.24, 2.45) is 0 Å². The minimum atomic E-state index is -0.516. The third-order valence-corrected chi connectivity index (χ3v) is 4.24. The highest BCUT2D eigenvalue weighted by Crippen LogP contribution is 2.16. The summed E-state index contributed by atoms with van der Waals surface area (Å²) >= 11 is 7.35. The number of aliphatic hydroxyl groups is 1. The summed E-state index contributed by atoms with van der Waals surface area (Å²) in [6.45, 7) is 3.74. The van der Waals surface area contributed by atoms with Crippen LogP contribution in [0.4, 0.5) is 0 Å². The van der Waals surface area contributed by atoms with Crippen molar-refractivity contribution < 1.29 is 9.90 Å². The van der Waals surface area contributed by atoms with Crippen LogP contribution < -0.4 is 5.32 Å². The van der Waals surface area contributed by atoms with Crippen molar-refractivity contribution in [3.05, 3.63) is 34.9 Å². The van der Waals surface area contributed by atoms with Gasteiger partial charge in [-0.3, -0.25) is 4.79 Å². The first-order valence-electron chi connectivity index (χ1n) is 6.23. The van der Waals surface area contributed by atoms with Gasteiger partial charge in [-0.1, -0.05) is 30.7 Å². The number of aliphatic hydroxyl groups excluding tert-OH is 1. The van der Waals surface area contributed by atoms with E-state index in [1.165, 1.54) is 0 Å². The SMILES string of the molecule is CCC(C)(CO)NC(=O)CSCc1ccc(Cl)cc1. The quantitative estimate of drug-likeness (QED) is 0.814. The van der Waals surface area contributed by atoms with Crippen LogP contribution in [0.25, 0.3) is 0 Å². The Labute approximate surface area is 123 Å². The van der Waals surface area contributed by atoms with Gasteiger partial charge in [0.2, 0.25) is 5.91 Å². The van der Waals surface area contributed by atoms with Crippen molar-refractivity contribution >= 4 is 29.3 Å². The number of amides is 1. The van der Waals surface area contributed by atoms with E-state index < -0.39 is 5.54 Å². The normalized spacial score (nSPS) is 13.9. The Morgan fingerprint density at radius 2 is 2.05 bits per heavy atom. The van der Waals surface area contributed by atoms with Gasteiger partial charge in [0.1, 0.15) is 0 Å². The van der Waals surface area contributed by atoms with Crippen molar-refractivity contribution in [1.29, 1.82) is 0 Å². The molecule has 0 aliphatic rings. The molecule has 0 saturated carbocycles. The average Bonchev–Trinajstić information content (AvgIpc) is 2.41. The zero-order valence-electron chi connectivity index (χ0n) is 11.3. The van der Waals surface area contributed by atoms with Crippen LogP contribution in [0.5, 0.6) is 0 Å². The molecule has 1 aromatic rings. The number of thioether (sulfide) groups is 1. The maximum Gasteiger partial charge on any atom is 0.230 e. The first-order chi connectivity index (χ1) is 8.99. The molecule has 0 aromatic heterocycles. The van der Waals surface area contributed by atoms with Gasteiger partial charge in [-0.2, -0.15) is 0 Å². The Kier molecular flexibility index (Phi) is 6.69. The molecule has 1 rings (SSSR count). The highest BCUT2D eigenvalue weighted by atomic mass is 35.5. The summed E-state index contributed by atoms with van der Waals surface area (Å²) in [6.07, 6.45) is 0.705. The zero-order chi connectivity index (χ0) is 14.3. The Balaban J connectivity index is 2.33. The van der Waals surface area contributed by atoms with Gasteiger partial charge in [-0.25, -0.2) is 0 Å². The van der Waals surface area contributed by atoms with Crippen LogP contribution in [0.3, 0.4) is 0 Å². The van der Waals surface area contributed by atoms with Gasteiger partial charge >= 0.3 is 0 Å². The van der Waals surface area contributed by atoms with E-state index in [-0.39, 0.29) is 12.5 Å². The Hall–Kier alpha value is -0.710. The molecule has 106 valence electrons. The summed E-state index contributed by atoms with van der Waals surface area (Å²) in [6, 6.07) is 7.60. The molecule has 1 unspecified atom stereocenters. The summed E-state index contributed by atoms with van der Waals surface area (Å²) in [5, 5.41) is 12.8. The Morgan fingerprint density at radius 3 is 2.58 bits per heavy atom. The third kappa shape index (κ3) is 5.85. The molecule has 0 fully saturated rings. The van der Waals surface area contributed by atoms with Crippen molar-refractivity contribution in [2.75, 3.05) is 12.4 Å². The minimum Gasteiger partial charge on any atom is -0.394 e. The van der Waals surface area contributed by atoms with E-state index in [0.29, 0.717) is 17.2 Å². The largest absolute Gasteiger partial charge is 0.394 e. The van der Waals surface area contributed by atoms with Crippen LogP contribution in [0.1, 0.15) is 25.8 Å². The second-order valence-electron chi connectivity index (χ2n) is 4.74. The lowest BCUT2D eigenvalue weighted by Crippen LogP contribution is -2.49. The summed E-state index contributed by atoms with van der Waals surface area (Å²) in [7, 11) is 0. The second-order valence-corrected chi connectivity index (χ2v) is 6.16. The molecule has 0 aliphatic carbocycles. The van der Waals surface area contributed by atoms with Gasteiger partial charge in [-0.05, 0) is 31.0 Å². The fourth-order valence-corrected chi connectivity index (χ4v) is 2.37. The monoisotopic (exact) mass is 301 g/mol. The number of carbonyl (C=O) groups is 1. The molecule has 0 aliphatic heterocycles. The van der Waals surface area contributed by atoms with Crippen LogP contribution in [0, 0.1) is 0 Å². The van der Waals surface area contributed by atoms with E-state index in [1.807, 2.05) is 38.1 Å². The smallest absolute Gasteiger partial charge is 0.230 e. The predicted octanol–water partition coefficient (Wildman–Crippen LogP) is 2.85. The van der Waals surface area contributed by atoms with Gasteiger partial charge in [0.05, 0.1) is 17.9 Å². The first kappa shape index (κ1) is 16.3. The molecule has 1 aromatic carbocycles. The fourth-order valence-electron chi connectivity index (χ4n) is 1.45. The Bertz CT molecular complexity index is 404. The molecule has 3 nitrogen and oxygen atoms in total. The average molecular weight is 302 g/mol. The van der Waals surface area contributed by atoms with E-state index >= 15 is 0 Å². The molecular formula is C14H20ClNO2S. The topological polar surface area (TPSA) is 49.3 Å². The standard InChI is InChI=1S/C14H20ClNO2S/c1-3-14(2,10-17)16-13(18)9-19-8-11-4-6-12(15)7-5-11/h4-7,17H,3,8-10H2,1-2H3,(H,16,18). The maximum absolute atomic E-state index is 11.8. The summed E-state index contributed by atoms with van der Waals surface area (Å²) in [5.74, 6) is 1.11. The van der Waals surface area contributed by atoms with E-state index in [9.17, 15) is 9.90 Å². The zero-order valence-corrected chi connectivity index (χ0v) is 12.9. The van der Waals surface area contributed by atoms with Crippen molar-refractivity contribution in [3.63, 3.8) is 0 Å². The van der Waals surface area contributed by atoms with E-state index in [1.54, 1.807) is 11.8 Å². The van der Waals surface area contributed by atoms with Crippen molar-refractivity contribution in [2.45, 2.75) is 31.6 Å². The number of hydrogen-bond donors (Lipinski definition) is 2. The number of rotatable bonds is 7. The summed E-state index contributed by atoms with van der Waals surface area (Å²) in [4.78, 5) is 11.8. The number of carbonyl (C=O) groups excluding carboxylic acids is 1. The molecule has 1 amide bonds. The molecule has 2 N–H and O–H groups in total. The van der Waals surface area contributed by atoms with E-state index in [2.05, 4.69) is 5.32 Å². The molecule has 5 heteroatoms. The lowest BCUT2D eigenvalue weighted by atomic mass is 10.0. The van der Waals surface area contributed by atoms with Gasteiger partial charge in [0.25, 0.3) is 0 Å². The van der Waals surface area contributed by atoms with Crippen LogP contribution in [0.15, 0.2) is 24.3 Å². The highest BCUT2D eigenvalue weighted by molar-refractivity contribution is 7.99. The van der Waals surface area contributed by atoms with Crippen LogP contribution in [0.2, 0.25) is 5.02 Å². The number of hydrogen-bond acceptors (Lipinski definition) is 3. The summed E-state index contributed by atoms with van der Waals surface area (Å²) in [5.41, 5.74) is 0.625. The van der Waals surface area contributed by atoms with Crippen molar-refractivity contribution in [3.8, 4) is 0 Å². The van der Waals surface area contributed by atoms with Crippen LogP contribution in [-0.4, -0.2) is 28.9 Å². The molecular weight excluding hydrogens is 282 g/mol. The lowest BCUT2D eigenvalue weighted by molar-refractivity contribution is -0.120.